The van der Waals surface area contributed by atoms with Crippen molar-refractivity contribution in [1.29, 1.82) is 0 Å². The number of carboxylic acid groups (broad SMARTS) is 1. The van der Waals surface area contributed by atoms with Crippen LogP contribution in [0.3, 0.4) is 0 Å². The third-order valence-corrected chi connectivity index (χ3v) is 7.53. The van der Waals surface area contributed by atoms with Crippen molar-refractivity contribution in [3.05, 3.63) is 60.4 Å². The number of halogens is 3. The molecule has 2 aliphatic rings. The van der Waals surface area contributed by atoms with Crippen molar-refractivity contribution >= 4 is 21.9 Å². The molecule has 178 valence electrons. The second-order valence-electron chi connectivity index (χ2n) is 7.90. The summed E-state index contributed by atoms with van der Waals surface area (Å²) in [6.45, 7) is 1.35. The lowest BCUT2D eigenvalue weighted by Crippen LogP contribution is -2.31. The fourth-order valence-electron chi connectivity index (χ4n) is 3.79. The smallest absolute Gasteiger partial charge is 0.475 e. The molecule has 0 radical (unpaired) electrons. The van der Waals surface area contributed by atoms with Crippen LogP contribution in [0.4, 0.5) is 13.2 Å². The summed E-state index contributed by atoms with van der Waals surface area (Å²) < 4.78 is 58.8. The molecule has 12 heteroatoms. The predicted molar refractivity (Wildman–Crippen MR) is 110 cm³/mol. The predicted octanol–water partition coefficient (Wildman–Crippen LogP) is 2.43. The van der Waals surface area contributed by atoms with Crippen LogP contribution in [-0.2, 0) is 26.2 Å². The zero-order chi connectivity index (χ0) is 24.3. The van der Waals surface area contributed by atoms with Crippen LogP contribution in [0.25, 0.3) is 0 Å². The van der Waals surface area contributed by atoms with Gasteiger partial charge in [-0.2, -0.15) is 17.5 Å². The van der Waals surface area contributed by atoms with E-state index in [0.717, 1.165) is 18.4 Å². The lowest BCUT2D eigenvalue weighted by molar-refractivity contribution is -0.192. The largest absolute Gasteiger partial charge is 0.490 e. The fraction of sp³-hybridized carbons (Fsp3) is 0.381. The van der Waals surface area contributed by atoms with Gasteiger partial charge >= 0.3 is 12.1 Å². The number of aliphatic carboxylic acids is 1. The van der Waals surface area contributed by atoms with Crippen molar-refractivity contribution in [3.63, 3.8) is 0 Å². The zero-order valence-corrected chi connectivity index (χ0v) is 18.1. The standard InChI is InChI=1S/C19H21N3O3S.C2HF3O2/c23-18(21-13-15-5-4-9-20-12-15)17-11-19(17)8-10-22(14-19)26(24,25)16-6-2-1-3-7-16;3-2(4,5)1(6)7/h1-7,9,12,17H,8,10-11,13-14H2,(H,21,23);(H,6,7). The van der Waals surface area contributed by atoms with Gasteiger partial charge in [0.15, 0.2) is 0 Å². The van der Waals surface area contributed by atoms with Crippen molar-refractivity contribution in [1.82, 2.24) is 14.6 Å². The molecule has 1 saturated heterocycles. The molecule has 1 spiro atoms. The Morgan fingerprint density at radius 2 is 1.85 bits per heavy atom. The van der Waals surface area contributed by atoms with Gasteiger partial charge in [0, 0.05) is 37.9 Å². The second kappa shape index (κ2) is 9.48. The lowest BCUT2D eigenvalue weighted by Gasteiger charge is -2.16. The summed E-state index contributed by atoms with van der Waals surface area (Å²) in [6.07, 6.45) is -0.162. The number of pyridine rings is 1. The van der Waals surface area contributed by atoms with E-state index in [0.29, 0.717) is 24.5 Å². The number of aromatic nitrogens is 1. The van der Waals surface area contributed by atoms with Crippen LogP contribution in [0.2, 0.25) is 0 Å². The van der Waals surface area contributed by atoms with E-state index >= 15 is 0 Å². The van der Waals surface area contributed by atoms with E-state index in [1.165, 1.54) is 4.31 Å². The van der Waals surface area contributed by atoms with Crippen LogP contribution in [0.1, 0.15) is 18.4 Å². The Balaban J connectivity index is 0.000000383. The van der Waals surface area contributed by atoms with Crippen LogP contribution < -0.4 is 5.32 Å². The molecule has 1 aromatic carbocycles. The molecule has 2 aromatic rings. The Bertz CT molecular complexity index is 1100. The first-order valence-corrected chi connectivity index (χ1v) is 11.4. The average Bonchev–Trinajstić information content (AvgIpc) is 3.31. The van der Waals surface area contributed by atoms with Gasteiger partial charge in [-0.05, 0) is 42.0 Å². The monoisotopic (exact) mass is 485 g/mol. The Morgan fingerprint density at radius 3 is 2.42 bits per heavy atom. The van der Waals surface area contributed by atoms with E-state index in [1.807, 2.05) is 12.1 Å². The van der Waals surface area contributed by atoms with Crippen molar-refractivity contribution in [2.75, 3.05) is 13.1 Å². The summed E-state index contributed by atoms with van der Waals surface area (Å²) in [5.74, 6) is -2.85. The van der Waals surface area contributed by atoms with E-state index < -0.39 is 22.2 Å². The summed E-state index contributed by atoms with van der Waals surface area (Å²) in [5, 5.41) is 10.1. The number of carbonyl (C=O) groups is 2. The van der Waals surface area contributed by atoms with Crippen molar-refractivity contribution in [2.45, 2.75) is 30.5 Å². The number of amides is 1. The third-order valence-electron chi connectivity index (χ3n) is 5.67. The number of sulfonamides is 1. The van der Waals surface area contributed by atoms with Gasteiger partial charge in [0.05, 0.1) is 4.90 Å². The highest BCUT2D eigenvalue weighted by Gasteiger charge is 2.62. The van der Waals surface area contributed by atoms with Crippen molar-refractivity contribution < 1.29 is 36.3 Å². The molecular formula is C21H22F3N3O5S. The number of hydrogen-bond donors (Lipinski definition) is 2. The van der Waals surface area contributed by atoms with Gasteiger partial charge in [-0.3, -0.25) is 9.78 Å². The molecular weight excluding hydrogens is 463 g/mol. The molecule has 1 saturated carbocycles. The summed E-state index contributed by atoms with van der Waals surface area (Å²) >= 11 is 0. The molecule has 2 heterocycles. The minimum Gasteiger partial charge on any atom is -0.475 e. The van der Waals surface area contributed by atoms with Crippen LogP contribution in [-0.4, -0.2) is 54.0 Å². The highest BCUT2D eigenvalue weighted by molar-refractivity contribution is 7.89. The number of alkyl halides is 3. The molecule has 0 bridgehead atoms. The maximum Gasteiger partial charge on any atom is 0.490 e. The maximum atomic E-state index is 12.8. The summed E-state index contributed by atoms with van der Waals surface area (Å²) in [5.41, 5.74) is 0.760. The molecule has 2 N–H and O–H groups in total. The fourth-order valence-corrected chi connectivity index (χ4v) is 5.35. The number of carbonyl (C=O) groups excluding carboxylic acids is 1. The molecule has 33 heavy (non-hydrogen) atoms. The molecule has 2 unspecified atom stereocenters. The minimum atomic E-state index is -5.08. The lowest BCUT2D eigenvalue weighted by atomic mass is 10.0. The molecule has 1 amide bonds. The van der Waals surface area contributed by atoms with E-state index in [1.54, 1.807) is 42.7 Å². The van der Waals surface area contributed by atoms with Gasteiger partial charge in [0.25, 0.3) is 0 Å². The van der Waals surface area contributed by atoms with E-state index in [4.69, 9.17) is 9.90 Å². The summed E-state index contributed by atoms with van der Waals surface area (Å²) in [7, 11) is -3.48. The minimum absolute atomic E-state index is 0.00723. The number of carboxylic acids is 1. The van der Waals surface area contributed by atoms with Gasteiger partial charge in [-0.25, -0.2) is 13.2 Å². The first-order valence-electron chi connectivity index (χ1n) is 9.98. The molecule has 2 fully saturated rings. The number of nitrogens with one attached hydrogen (secondary N) is 1. The molecule has 1 aliphatic carbocycles. The molecule has 8 nitrogen and oxygen atoms in total. The highest BCUT2D eigenvalue weighted by atomic mass is 32.2. The number of hydrogen-bond acceptors (Lipinski definition) is 5. The van der Waals surface area contributed by atoms with Crippen LogP contribution >= 0.6 is 0 Å². The normalized spacial score (nSPS) is 22.3. The van der Waals surface area contributed by atoms with Crippen LogP contribution in [0, 0.1) is 11.3 Å². The third kappa shape index (κ3) is 5.88. The van der Waals surface area contributed by atoms with E-state index in [9.17, 15) is 26.4 Å². The molecule has 1 aromatic heterocycles. The Labute approximate surface area is 188 Å². The van der Waals surface area contributed by atoms with E-state index in [-0.39, 0.29) is 17.2 Å². The van der Waals surface area contributed by atoms with Gasteiger partial charge in [-0.1, -0.05) is 24.3 Å². The second-order valence-corrected chi connectivity index (χ2v) is 9.84. The Kier molecular flexibility index (Phi) is 7.08. The van der Waals surface area contributed by atoms with Gasteiger partial charge in [0.2, 0.25) is 15.9 Å². The van der Waals surface area contributed by atoms with E-state index in [2.05, 4.69) is 10.3 Å². The first kappa shape index (κ1) is 24.6. The zero-order valence-electron chi connectivity index (χ0n) is 17.3. The summed E-state index contributed by atoms with van der Waals surface area (Å²) in [6, 6.07) is 12.2. The van der Waals surface area contributed by atoms with Crippen LogP contribution in [0.5, 0.6) is 0 Å². The van der Waals surface area contributed by atoms with Gasteiger partial charge < -0.3 is 10.4 Å². The Morgan fingerprint density at radius 1 is 1.18 bits per heavy atom. The number of rotatable bonds is 5. The summed E-state index contributed by atoms with van der Waals surface area (Å²) in [4.78, 5) is 25.7. The first-order chi connectivity index (χ1) is 15.5. The SMILES string of the molecule is O=C(NCc1cccnc1)C1CC12CCN(S(=O)(=O)c1ccccc1)C2.O=C(O)C(F)(F)F. The average molecular weight is 485 g/mol. The quantitative estimate of drug-likeness (QED) is 0.672. The number of benzene rings is 1. The van der Waals surface area contributed by atoms with Crippen molar-refractivity contribution in [3.8, 4) is 0 Å². The maximum absolute atomic E-state index is 12.8. The molecule has 2 atom stereocenters. The number of nitrogens with zero attached hydrogens (tertiary/aromatic N) is 2. The molecule has 4 rings (SSSR count). The topological polar surface area (TPSA) is 117 Å². The van der Waals surface area contributed by atoms with Crippen molar-refractivity contribution in [2.24, 2.45) is 11.3 Å². The molecule has 1 aliphatic heterocycles. The van der Waals surface area contributed by atoms with Gasteiger partial charge in [0.1, 0.15) is 0 Å². The van der Waals surface area contributed by atoms with Gasteiger partial charge in [-0.15, -0.1) is 0 Å². The highest BCUT2D eigenvalue weighted by Crippen LogP contribution is 2.59. The van der Waals surface area contributed by atoms with Crippen LogP contribution in [0.15, 0.2) is 59.8 Å². The Hall–Kier alpha value is -2.99.